The molecule has 156 valence electrons. The number of nitrogens with one attached hydrogen (secondary N) is 2. The number of aromatic amines is 1. The Morgan fingerprint density at radius 3 is 2.80 bits per heavy atom. The summed E-state index contributed by atoms with van der Waals surface area (Å²) in [5.41, 5.74) is 2.33. The maximum atomic E-state index is 13.2. The maximum absolute atomic E-state index is 13.2. The van der Waals surface area contributed by atoms with E-state index in [9.17, 15) is 9.59 Å². The fourth-order valence-electron chi connectivity index (χ4n) is 4.77. The molecule has 2 amide bonds. The quantitative estimate of drug-likeness (QED) is 0.699. The highest BCUT2D eigenvalue weighted by Gasteiger charge is 2.31. The van der Waals surface area contributed by atoms with Crippen molar-refractivity contribution in [3.63, 3.8) is 0 Å². The first-order valence-corrected chi connectivity index (χ1v) is 10.8. The molecule has 0 unspecified atom stereocenters. The summed E-state index contributed by atoms with van der Waals surface area (Å²) in [6.07, 6.45) is 6.80. The van der Waals surface area contributed by atoms with Crippen molar-refractivity contribution in [2.24, 2.45) is 0 Å². The van der Waals surface area contributed by atoms with Gasteiger partial charge in [0.05, 0.1) is 18.2 Å². The number of hydrogen-bond acceptors (Lipinski definition) is 3. The third kappa shape index (κ3) is 3.49. The van der Waals surface area contributed by atoms with Crippen LogP contribution in [-0.2, 0) is 17.8 Å². The van der Waals surface area contributed by atoms with Gasteiger partial charge in [0.25, 0.3) is 5.91 Å². The molecule has 0 saturated heterocycles. The zero-order chi connectivity index (χ0) is 20.7. The maximum Gasteiger partial charge on any atom is 0.270 e. The number of fused-ring (bicyclic) bond motifs is 2. The lowest BCUT2D eigenvalue weighted by molar-refractivity contribution is -0.121. The van der Waals surface area contributed by atoms with Gasteiger partial charge in [-0.15, -0.1) is 0 Å². The minimum Gasteiger partial charge on any atom is -0.353 e. The van der Waals surface area contributed by atoms with Gasteiger partial charge in [-0.1, -0.05) is 31.0 Å². The van der Waals surface area contributed by atoms with Gasteiger partial charge in [0, 0.05) is 36.2 Å². The number of carbonyl (C=O) groups excluding carboxylic acids is 2. The van der Waals surface area contributed by atoms with Gasteiger partial charge in [-0.25, -0.2) is 4.98 Å². The normalized spacial score (nSPS) is 19.2. The van der Waals surface area contributed by atoms with Gasteiger partial charge in [-0.05, 0) is 31.9 Å². The monoisotopic (exact) mass is 405 g/mol. The van der Waals surface area contributed by atoms with E-state index in [2.05, 4.69) is 14.9 Å². The van der Waals surface area contributed by atoms with Gasteiger partial charge >= 0.3 is 0 Å². The Morgan fingerprint density at radius 1 is 1.20 bits per heavy atom. The number of benzene rings is 1. The molecular weight excluding hydrogens is 378 g/mol. The molecule has 1 saturated carbocycles. The largest absolute Gasteiger partial charge is 0.353 e. The third-order valence-electron chi connectivity index (χ3n) is 6.36. The zero-order valence-electron chi connectivity index (χ0n) is 17.2. The molecular formula is C23H27N5O2. The van der Waals surface area contributed by atoms with E-state index in [0.717, 1.165) is 35.3 Å². The van der Waals surface area contributed by atoms with E-state index in [1.807, 2.05) is 48.4 Å². The smallest absolute Gasteiger partial charge is 0.270 e. The van der Waals surface area contributed by atoms with Gasteiger partial charge in [-0.2, -0.15) is 0 Å². The molecule has 7 heteroatoms. The average Bonchev–Trinajstić information content (AvgIpc) is 3.47. The Bertz CT molecular complexity index is 1060. The molecule has 30 heavy (non-hydrogen) atoms. The number of para-hydroxylation sites is 1. The number of imidazole rings is 1. The lowest BCUT2D eigenvalue weighted by Crippen LogP contribution is -2.41. The highest BCUT2D eigenvalue weighted by atomic mass is 16.2. The van der Waals surface area contributed by atoms with Gasteiger partial charge in [0.1, 0.15) is 11.5 Å². The van der Waals surface area contributed by atoms with Crippen molar-refractivity contribution in [1.29, 1.82) is 0 Å². The molecule has 1 aliphatic carbocycles. The molecule has 1 fully saturated rings. The van der Waals surface area contributed by atoms with Crippen molar-refractivity contribution < 1.29 is 9.59 Å². The Hall–Kier alpha value is -3.09. The topological polar surface area (TPSA) is 83.0 Å². The van der Waals surface area contributed by atoms with Crippen molar-refractivity contribution in [1.82, 2.24) is 24.8 Å². The van der Waals surface area contributed by atoms with E-state index in [-0.39, 0.29) is 17.9 Å². The minimum atomic E-state index is -0.149. The fraction of sp³-hybridized carbons (Fsp3) is 0.435. The fourth-order valence-corrected chi connectivity index (χ4v) is 4.77. The van der Waals surface area contributed by atoms with Crippen LogP contribution in [0.5, 0.6) is 0 Å². The van der Waals surface area contributed by atoms with Crippen LogP contribution in [0.25, 0.3) is 10.9 Å². The Kier molecular flexibility index (Phi) is 4.81. The molecule has 0 bridgehead atoms. The van der Waals surface area contributed by atoms with Crippen molar-refractivity contribution in [3.8, 4) is 0 Å². The van der Waals surface area contributed by atoms with Gasteiger partial charge in [0.15, 0.2) is 0 Å². The summed E-state index contributed by atoms with van der Waals surface area (Å²) in [4.78, 5) is 35.3. The Balaban J connectivity index is 1.30. The Labute approximate surface area is 175 Å². The number of nitrogens with zero attached hydrogens (tertiary/aromatic N) is 3. The summed E-state index contributed by atoms with van der Waals surface area (Å²) in [5.74, 6) is 0.860. The van der Waals surface area contributed by atoms with E-state index in [4.69, 9.17) is 4.98 Å². The number of hydrogen-bond donors (Lipinski definition) is 2. The summed E-state index contributed by atoms with van der Waals surface area (Å²) in [6, 6.07) is 9.97. The van der Waals surface area contributed by atoms with Gasteiger partial charge in [-0.3, -0.25) is 9.59 Å². The summed E-state index contributed by atoms with van der Waals surface area (Å²) in [7, 11) is 0. The number of amides is 2. The number of carbonyl (C=O) groups is 2. The van der Waals surface area contributed by atoms with E-state index in [1.165, 1.54) is 12.8 Å². The number of rotatable bonds is 4. The summed E-state index contributed by atoms with van der Waals surface area (Å²) >= 11 is 0. The molecule has 1 atom stereocenters. The van der Waals surface area contributed by atoms with E-state index < -0.39 is 0 Å². The van der Waals surface area contributed by atoms with Crippen molar-refractivity contribution in [2.75, 3.05) is 6.54 Å². The second-order valence-corrected chi connectivity index (χ2v) is 8.45. The zero-order valence-corrected chi connectivity index (χ0v) is 17.2. The molecule has 3 aromatic rings. The van der Waals surface area contributed by atoms with Crippen LogP contribution in [-0.4, -0.2) is 43.8 Å². The molecule has 0 radical (unpaired) electrons. The SMILES string of the molecule is C[C@H]1c2nc(CC(=O)NC3CCCC3)cn2CCN1C(=O)c1cc2ccccc2[nH]1. The van der Waals surface area contributed by atoms with Crippen LogP contribution in [0.2, 0.25) is 0 Å². The highest BCUT2D eigenvalue weighted by Crippen LogP contribution is 2.27. The Morgan fingerprint density at radius 2 is 2.00 bits per heavy atom. The first-order chi connectivity index (χ1) is 14.6. The molecule has 5 rings (SSSR count). The molecule has 3 heterocycles. The molecule has 7 nitrogen and oxygen atoms in total. The van der Waals surface area contributed by atoms with Crippen LogP contribution in [0.3, 0.4) is 0 Å². The first kappa shape index (κ1) is 18.9. The molecule has 2 aliphatic rings. The van der Waals surface area contributed by atoms with Crippen molar-refractivity contribution in [2.45, 2.75) is 57.7 Å². The second-order valence-electron chi connectivity index (χ2n) is 8.45. The lowest BCUT2D eigenvalue weighted by atomic mass is 10.2. The first-order valence-electron chi connectivity index (χ1n) is 10.8. The number of H-pyrrole nitrogens is 1. The van der Waals surface area contributed by atoms with Crippen molar-refractivity contribution >= 4 is 22.7 Å². The summed E-state index contributed by atoms with van der Waals surface area (Å²) in [6.45, 7) is 3.30. The van der Waals surface area contributed by atoms with Crippen LogP contribution >= 0.6 is 0 Å². The second kappa shape index (κ2) is 7.63. The third-order valence-corrected chi connectivity index (χ3v) is 6.36. The van der Waals surface area contributed by atoms with Crippen LogP contribution in [0.4, 0.5) is 0 Å². The molecule has 1 aliphatic heterocycles. The van der Waals surface area contributed by atoms with E-state index >= 15 is 0 Å². The van der Waals surface area contributed by atoms with E-state index in [0.29, 0.717) is 31.2 Å². The van der Waals surface area contributed by atoms with Crippen LogP contribution in [0, 0.1) is 0 Å². The standard InChI is InChI=1S/C23H27N5O2/c1-15-22-25-18(13-21(29)24-17-7-3-4-8-17)14-27(22)10-11-28(15)23(30)20-12-16-6-2-5-9-19(16)26-20/h2,5-6,9,12,14-15,17,26H,3-4,7-8,10-11,13H2,1H3,(H,24,29)/t15-/m0/s1. The number of aromatic nitrogens is 3. The molecule has 2 aromatic heterocycles. The van der Waals surface area contributed by atoms with E-state index in [1.54, 1.807) is 0 Å². The van der Waals surface area contributed by atoms with Gasteiger partial charge in [0.2, 0.25) is 5.91 Å². The molecule has 0 spiro atoms. The van der Waals surface area contributed by atoms with Crippen LogP contribution in [0.15, 0.2) is 36.5 Å². The minimum absolute atomic E-state index is 0.0199. The highest BCUT2D eigenvalue weighted by molar-refractivity contribution is 5.98. The predicted octanol–water partition coefficient (Wildman–Crippen LogP) is 3.18. The molecule has 1 aromatic carbocycles. The average molecular weight is 406 g/mol. The molecule has 2 N–H and O–H groups in total. The van der Waals surface area contributed by atoms with Crippen LogP contribution in [0.1, 0.15) is 60.7 Å². The predicted molar refractivity (Wildman–Crippen MR) is 114 cm³/mol. The lowest BCUT2D eigenvalue weighted by Gasteiger charge is -2.33. The van der Waals surface area contributed by atoms with Crippen LogP contribution < -0.4 is 5.32 Å². The van der Waals surface area contributed by atoms with Gasteiger partial charge < -0.3 is 19.8 Å². The van der Waals surface area contributed by atoms with Crippen molar-refractivity contribution in [3.05, 3.63) is 53.7 Å². The summed E-state index contributed by atoms with van der Waals surface area (Å²) < 4.78 is 2.08. The summed E-state index contributed by atoms with van der Waals surface area (Å²) in [5, 5.41) is 4.15.